The average Bonchev–Trinajstić information content (AvgIpc) is 2.84. The van der Waals surface area contributed by atoms with Crippen LogP contribution in [0.15, 0.2) is 78.9 Å². The van der Waals surface area contributed by atoms with Crippen molar-refractivity contribution in [3.8, 4) is 0 Å². The number of nitrogens with one attached hydrogen (secondary N) is 4. The normalized spacial score (nSPS) is 11.2. The Labute approximate surface area is 200 Å². The lowest BCUT2D eigenvalue weighted by molar-refractivity contribution is -0.116. The Morgan fingerprint density at radius 3 is 2.06 bits per heavy atom. The van der Waals surface area contributed by atoms with Crippen molar-refractivity contribution >= 4 is 34.8 Å². The SMILES string of the molecule is CCCC(=O)Nc1cccc(NC(=O)CNc2ccc(C(=O)NC(C)c3ccccc3)cc2)c1. The van der Waals surface area contributed by atoms with Gasteiger partial charge in [0.15, 0.2) is 0 Å². The predicted molar refractivity (Wildman–Crippen MR) is 136 cm³/mol. The van der Waals surface area contributed by atoms with E-state index >= 15 is 0 Å². The third-order valence-corrected chi connectivity index (χ3v) is 5.15. The molecule has 0 fully saturated rings. The topological polar surface area (TPSA) is 99.3 Å². The van der Waals surface area contributed by atoms with Crippen molar-refractivity contribution in [1.82, 2.24) is 5.32 Å². The van der Waals surface area contributed by atoms with Gasteiger partial charge in [-0.3, -0.25) is 14.4 Å². The Kier molecular flexibility index (Phi) is 8.80. The molecule has 7 heteroatoms. The fraction of sp³-hybridized carbons (Fsp3) is 0.222. The molecule has 7 nitrogen and oxygen atoms in total. The molecule has 0 bridgehead atoms. The minimum atomic E-state index is -0.226. The Bertz CT molecular complexity index is 1110. The van der Waals surface area contributed by atoms with Crippen LogP contribution in [0.25, 0.3) is 0 Å². The van der Waals surface area contributed by atoms with Gasteiger partial charge in [0, 0.05) is 29.0 Å². The second-order valence-corrected chi connectivity index (χ2v) is 7.96. The summed E-state index contributed by atoms with van der Waals surface area (Å²) in [4.78, 5) is 36.6. The highest BCUT2D eigenvalue weighted by molar-refractivity contribution is 5.96. The molecule has 1 atom stereocenters. The van der Waals surface area contributed by atoms with E-state index in [0.29, 0.717) is 23.4 Å². The van der Waals surface area contributed by atoms with E-state index in [2.05, 4.69) is 21.3 Å². The maximum atomic E-state index is 12.5. The van der Waals surface area contributed by atoms with Crippen LogP contribution in [0, 0.1) is 0 Å². The van der Waals surface area contributed by atoms with Gasteiger partial charge < -0.3 is 21.3 Å². The van der Waals surface area contributed by atoms with Crippen molar-refractivity contribution in [1.29, 1.82) is 0 Å². The molecule has 0 aromatic heterocycles. The first-order valence-corrected chi connectivity index (χ1v) is 11.3. The van der Waals surface area contributed by atoms with Crippen molar-refractivity contribution in [2.45, 2.75) is 32.7 Å². The minimum absolute atomic E-state index is 0.0562. The fourth-order valence-electron chi connectivity index (χ4n) is 3.36. The van der Waals surface area contributed by atoms with E-state index in [1.807, 2.05) is 44.2 Å². The number of benzene rings is 3. The molecule has 0 aliphatic rings. The van der Waals surface area contributed by atoms with E-state index < -0.39 is 0 Å². The van der Waals surface area contributed by atoms with Gasteiger partial charge in [0.25, 0.3) is 5.91 Å². The second-order valence-electron chi connectivity index (χ2n) is 7.96. The smallest absolute Gasteiger partial charge is 0.251 e. The van der Waals surface area contributed by atoms with Crippen LogP contribution in [-0.4, -0.2) is 24.3 Å². The molecule has 3 aromatic rings. The van der Waals surface area contributed by atoms with Gasteiger partial charge in [0.1, 0.15) is 0 Å². The number of rotatable bonds is 10. The number of amides is 3. The number of carbonyl (C=O) groups excluding carboxylic acids is 3. The van der Waals surface area contributed by atoms with Crippen LogP contribution in [0.3, 0.4) is 0 Å². The molecule has 0 aliphatic heterocycles. The lowest BCUT2D eigenvalue weighted by Crippen LogP contribution is -2.26. The summed E-state index contributed by atoms with van der Waals surface area (Å²) < 4.78 is 0. The van der Waals surface area contributed by atoms with Crippen molar-refractivity contribution in [2.75, 3.05) is 22.5 Å². The highest BCUT2D eigenvalue weighted by atomic mass is 16.2. The van der Waals surface area contributed by atoms with Gasteiger partial charge in [-0.25, -0.2) is 0 Å². The van der Waals surface area contributed by atoms with E-state index in [0.717, 1.165) is 17.7 Å². The predicted octanol–water partition coefficient (Wildman–Crippen LogP) is 4.97. The largest absolute Gasteiger partial charge is 0.376 e. The molecule has 4 N–H and O–H groups in total. The fourth-order valence-corrected chi connectivity index (χ4v) is 3.36. The molecule has 0 saturated carbocycles. The Balaban J connectivity index is 1.48. The maximum Gasteiger partial charge on any atom is 0.251 e. The molecule has 3 amide bonds. The summed E-state index contributed by atoms with van der Waals surface area (Å²) in [6.07, 6.45) is 1.22. The van der Waals surface area contributed by atoms with Crippen LogP contribution in [0.2, 0.25) is 0 Å². The molecule has 0 radical (unpaired) electrons. The van der Waals surface area contributed by atoms with Gasteiger partial charge >= 0.3 is 0 Å². The summed E-state index contributed by atoms with van der Waals surface area (Å²) in [5, 5.41) is 11.6. The zero-order chi connectivity index (χ0) is 24.3. The number of anilines is 3. The van der Waals surface area contributed by atoms with Gasteiger partial charge in [-0.2, -0.15) is 0 Å². The highest BCUT2D eigenvalue weighted by Crippen LogP contribution is 2.16. The van der Waals surface area contributed by atoms with Crippen LogP contribution >= 0.6 is 0 Å². The van der Waals surface area contributed by atoms with Crippen LogP contribution in [0.4, 0.5) is 17.1 Å². The Morgan fingerprint density at radius 1 is 0.765 bits per heavy atom. The van der Waals surface area contributed by atoms with Crippen molar-refractivity contribution in [2.24, 2.45) is 0 Å². The van der Waals surface area contributed by atoms with Gasteiger partial charge in [-0.05, 0) is 61.4 Å². The van der Waals surface area contributed by atoms with Gasteiger partial charge in [0.05, 0.1) is 12.6 Å². The standard InChI is InChI=1S/C27H30N4O3/c1-3-8-25(32)30-23-11-7-12-24(17-23)31-26(33)18-28-22-15-13-21(14-16-22)27(34)29-19(2)20-9-5-4-6-10-20/h4-7,9-17,19,28H,3,8,18H2,1-2H3,(H,29,34)(H,30,32)(H,31,33). The summed E-state index contributed by atoms with van der Waals surface area (Å²) in [5.41, 5.74) is 3.54. The Morgan fingerprint density at radius 2 is 1.41 bits per heavy atom. The second kappa shape index (κ2) is 12.2. The third kappa shape index (κ3) is 7.48. The maximum absolute atomic E-state index is 12.5. The first-order valence-electron chi connectivity index (χ1n) is 11.3. The summed E-state index contributed by atoms with van der Waals surface area (Å²) in [5.74, 6) is -0.443. The molecule has 0 saturated heterocycles. The first-order chi connectivity index (χ1) is 16.4. The summed E-state index contributed by atoms with van der Waals surface area (Å²) in [7, 11) is 0. The zero-order valence-electron chi connectivity index (χ0n) is 19.4. The lowest BCUT2D eigenvalue weighted by Gasteiger charge is -2.14. The minimum Gasteiger partial charge on any atom is -0.376 e. The monoisotopic (exact) mass is 458 g/mol. The van der Waals surface area contributed by atoms with Crippen molar-refractivity contribution < 1.29 is 14.4 Å². The van der Waals surface area contributed by atoms with E-state index in [1.165, 1.54) is 0 Å². The van der Waals surface area contributed by atoms with Crippen molar-refractivity contribution in [3.63, 3.8) is 0 Å². The first kappa shape index (κ1) is 24.5. The number of carbonyl (C=O) groups is 3. The van der Waals surface area contributed by atoms with E-state index in [1.54, 1.807) is 48.5 Å². The number of hydrogen-bond acceptors (Lipinski definition) is 4. The van der Waals surface area contributed by atoms with E-state index in [-0.39, 0.29) is 30.3 Å². The molecule has 3 rings (SSSR count). The van der Waals surface area contributed by atoms with Crippen LogP contribution < -0.4 is 21.3 Å². The van der Waals surface area contributed by atoms with Crippen LogP contribution in [-0.2, 0) is 9.59 Å². The Hall–Kier alpha value is -4.13. The molecule has 176 valence electrons. The molecule has 34 heavy (non-hydrogen) atoms. The summed E-state index contributed by atoms with van der Waals surface area (Å²) >= 11 is 0. The van der Waals surface area contributed by atoms with Gasteiger partial charge in [-0.15, -0.1) is 0 Å². The van der Waals surface area contributed by atoms with Crippen LogP contribution in [0.5, 0.6) is 0 Å². The molecular weight excluding hydrogens is 428 g/mol. The quantitative estimate of drug-likeness (QED) is 0.345. The van der Waals surface area contributed by atoms with Crippen molar-refractivity contribution in [3.05, 3.63) is 90.0 Å². The molecule has 0 heterocycles. The zero-order valence-corrected chi connectivity index (χ0v) is 19.4. The van der Waals surface area contributed by atoms with Gasteiger partial charge in [0.2, 0.25) is 11.8 Å². The third-order valence-electron chi connectivity index (χ3n) is 5.15. The number of hydrogen-bond donors (Lipinski definition) is 4. The molecular formula is C27H30N4O3. The molecule has 0 spiro atoms. The molecule has 3 aromatic carbocycles. The van der Waals surface area contributed by atoms with Gasteiger partial charge in [-0.1, -0.05) is 43.3 Å². The molecule has 1 unspecified atom stereocenters. The van der Waals surface area contributed by atoms with Crippen LogP contribution in [0.1, 0.15) is 48.7 Å². The van der Waals surface area contributed by atoms with E-state index in [9.17, 15) is 14.4 Å². The summed E-state index contributed by atoms with van der Waals surface area (Å²) in [6, 6.07) is 23.7. The average molecular weight is 459 g/mol. The summed E-state index contributed by atoms with van der Waals surface area (Å²) in [6.45, 7) is 3.94. The lowest BCUT2D eigenvalue weighted by atomic mass is 10.1. The highest BCUT2D eigenvalue weighted by Gasteiger charge is 2.11. The van der Waals surface area contributed by atoms with E-state index in [4.69, 9.17) is 0 Å². The molecule has 0 aliphatic carbocycles.